The van der Waals surface area contributed by atoms with E-state index < -0.39 is 29.0 Å². The van der Waals surface area contributed by atoms with E-state index in [4.69, 9.17) is 4.74 Å². The van der Waals surface area contributed by atoms with Gasteiger partial charge in [-0.3, -0.25) is 9.59 Å². The SMILES string of the molecule is COCCn1c(=O)c(C(=O)NCc2cccc(F)c2)c(C)c2ccc(C(F)(F)F)cc21. The van der Waals surface area contributed by atoms with Gasteiger partial charge >= 0.3 is 6.18 Å². The Bertz CT molecular complexity index is 1190. The van der Waals surface area contributed by atoms with Crippen molar-refractivity contribution in [2.45, 2.75) is 26.2 Å². The third-order valence-electron chi connectivity index (χ3n) is 4.94. The number of ether oxygens (including phenoxy) is 1. The minimum atomic E-state index is -4.58. The number of benzene rings is 2. The van der Waals surface area contributed by atoms with Gasteiger partial charge in [0.05, 0.1) is 17.7 Å². The molecule has 0 aliphatic heterocycles. The van der Waals surface area contributed by atoms with Crippen LogP contribution in [0, 0.1) is 12.7 Å². The quantitative estimate of drug-likeness (QED) is 0.594. The summed E-state index contributed by atoms with van der Waals surface area (Å²) in [6.45, 7) is 1.53. The maximum absolute atomic E-state index is 13.3. The molecule has 0 bridgehead atoms. The highest BCUT2D eigenvalue weighted by atomic mass is 19.4. The van der Waals surface area contributed by atoms with Gasteiger partial charge in [-0.2, -0.15) is 13.2 Å². The molecule has 0 unspecified atom stereocenters. The summed E-state index contributed by atoms with van der Waals surface area (Å²) >= 11 is 0. The molecule has 0 radical (unpaired) electrons. The van der Waals surface area contributed by atoms with E-state index >= 15 is 0 Å². The summed E-state index contributed by atoms with van der Waals surface area (Å²) in [5.41, 5.74) is -0.970. The highest BCUT2D eigenvalue weighted by Crippen LogP contribution is 2.32. The number of aromatic nitrogens is 1. The second kappa shape index (κ2) is 8.89. The molecule has 0 fully saturated rings. The lowest BCUT2D eigenvalue weighted by Crippen LogP contribution is -2.35. The van der Waals surface area contributed by atoms with Crippen LogP contribution in [0.4, 0.5) is 17.6 Å². The minimum Gasteiger partial charge on any atom is -0.383 e. The highest BCUT2D eigenvalue weighted by Gasteiger charge is 2.31. The van der Waals surface area contributed by atoms with Gasteiger partial charge in [-0.1, -0.05) is 18.2 Å². The van der Waals surface area contributed by atoms with E-state index in [1.165, 1.54) is 38.3 Å². The fourth-order valence-corrected chi connectivity index (χ4v) is 3.38. The van der Waals surface area contributed by atoms with Gasteiger partial charge in [0.1, 0.15) is 11.4 Å². The number of halogens is 4. The van der Waals surface area contributed by atoms with Crippen molar-refractivity contribution in [1.82, 2.24) is 9.88 Å². The molecule has 9 heteroatoms. The van der Waals surface area contributed by atoms with Crippen molar-refractivity contribution in [3.63, 3.8) is 0 Å². The third kappa shape index (κ3) is 4.77. The predicted molar refractivity (Wildman–Crippen MR) is 107 cm³/mol. The number of fused-ring (bicyclic) bond motifs is 1. The van der Waals surface area contributed by atoms with Crippen LogP contribution in [-0.4, -0.2) is 24.2 Å². The Morgan fingerprint density at radius 2 is 1.90 bits per heavy atom. The van der Waals surface area contributed by atoms with Crippen molar-refractivity contribution in [3.8, 4) is 0 Å². The van der Waals surface area contributed by atoms with E-state index in [0.29, 0.717) is 10.9 Å². The fraction of sp³-hybridized carbons (Fsp3) is 0.273. The van der Waals surface area contributed by atoms with Crippen LogP contribution in [0.5, 0.6) is 0 Å². The van der Waals surface area contributed by atoms with Gasteiger partial charge in [-0.25, -0.2) is 4.39 Å². The van der Waals surface area contributed by atoms with Crippen LogP contribution >= 0.6 is 0 Å². The normalized spacial score (nSPS) is 11.7. The standard InChI is InChI=1S/C22H20F4N2O3/c1-13-17-7-6-15(22(24,25)26)11-18(17)28(8-9-31-2)21(30)19(13)20(29)27-12-14-4-3-5-16(23)10-14/h3-7,10-11H,8-9,12H2,1-2H3,(H,27,29). The molecule has 0 spiro atoms. The molecule has 5 nitrogen and oxygen atoms in total. The monoisotopic (exact) mass is 436 g/mol. The average molecular weight is 436 g/mol. The molecule has 1 N–H and O–H groups in total. The van der Waals surface area contributed by atoms with Gasteiger partial charge in [0.25, 0.3) is 11.5 Å². The summed E-state index contributed by atoms with van der Waals surface area (Å²) in [6.07, 6.45) is -4.58. The molecule has 0 atom stereocenters. The van der Waals surface area contributed by atoms with Crippen molar-refractivity contribution in [3.05, 3.63) is 80.9 Å². The van der Waals surface area contributed by atoms with Crippen LogP contribution in [0.3, 0.4) is 0 Å². The number of nitrogens with zero attached hydrogens (tertiary/aromatic N) is 1. The Morgan fingerprint density at radius 3 is 2.55 bits per heavy atom. The lowest BCUT2D eigenvalue weighted by atomic mass is 10.0. The minimum absolute atomic E-state index is 0.0153. The second-order valence-electron chi connectivity index (χ2n) is 6.99. The number of rotatable bonds is 6. The number of carbonyl (C=O) groups is 1. The van der Waals surface area contributed by atoms with Gasteiger partial charge in [0.2, 0.25) is 0 Å². The number of carbonyl (C=O) groups excluding carboxylic acids is 1. The summed E-state index contributed by atoms with van der Waals surface area (Å²) < 4.78 is 59.0. The summed E-state index contributed by atoms with van der Waals surface area (Å²) in [7, 11) is 1.40. The Labute approximate surface area is 175 Å². The number of hydrogen-bond acceptors (Lipinski definition) is 3. The summed E-state index contributed by atoms with van der Waals surface area (Å²) in [6, 6.07) is 8.69. The maximum atomic E-state index is 13.3. The summed E-state index contributed by atoms with van der Waals surface area (Å²) in [5, 5.41) is 2.92. The molecule has 0 saturated carbocycles. The molecule has 1 aromatic heterocycles. The van der Waals surface area contributed by atoms with E-state index in [9.17, 15) is 27.2 Å². The first-order valence-corrected chi connectivity index (χ1v) is 9.39. The predicted octanol–water partition coefficient (Wildman–Crippen LogP) is 4.04. The molecule has 1 heterocycles. The van der Waals surface area contributed by atoms with Crippen molar-refractivity contribution in [2.24, 2.45) is 0 Å². The molecular weight excluding hydrogens is 416 g/mol. The van der Waals surface area contributed by atoms with Gasteiger partial charge in [0, 0.05) is 25.6 Å². The molecule has 3 rings (SSSR count). The van der Waals surface area contributed by atoms with Crippen molar-refractivity contribution >= 4 is 16.8 Å². The van der Waals surface area contributed by atoms with Gasteiger partial charge in [-0.15, -0.1) is 0 Å². The summed E-state index contributed by atoms with van der Waals surface area (Å²) in [4.78, 5) is 25.9. The molecule has 3 aromatic rings. The van der Waals surface area contributed by atoms with Crippen molar-refractivity contribution in [2.75, 3.05) is 13.7 Å². The molecule has 0 aliphatic rings. The second-order valence-corrected chi connectivity index (χ2v) is 6.99. The van der Waals surface area contributed by atoms with E-state index in [1.54, 1.807) is 6.07 Å². The maximum Gasteiger partial charge on any atom is 0.416 e. The first kappa shape index (κ1) is 22.5. The van der Waals surface area contributed by atoms with Gasteiger partial charge in [-0.05, 0) is 42.3 Å². The topological polar surface area (TPSA) is 60.3 Å². The van der Waals surface area contributed by atoms with Crippen molar-refractivity contribution < 1.29 is 27.1 Å². The number of amides is 1. The smallest absolute Gasteiger partial charge is 0.383 e. The number of hydrogen-bond donors (Lipinski definition) is 1. The largest absolute Gasteiger partial charge is 0.416 e. The zero-order valence-electron chi connectivity index (χ0n) is 16.8. The van der Waals surface area contributed by atoms with Crippen LogP contribution in [0.1, 0.15) is 27.0 Å². The number of aryl methyl sites for hydroxylation is 1. The van der Waals surface area contributed by atoms with E-state index in [2.05, 4.69) is 5.32 Å². The molecule has 0 aliphatic carbocycles. The van der Waals surface area contributed by atoms with Crippen LogP contribution in [0.15, 0.2) is 47.3 Å². The van der Waals surface area contributed by atoms with E-state index in [1.807, 2.05) is 0 Å². The first-order chi connectivity index (χ1) is 14.6. The van der Waals surface area contributed by atoms with E-state index in [-0.39, 0.29) is 36.3 Å². The first-order valence-electron chi connectivity index (χ1n) is 9.39. The third-order valence-corrected chi connectivity index (χ3v) is 4.94. The molecule has 164 valence electrons. The Hall–Kier alpha value is -3.20. The van der Waals surface area contributed by atoms with Crippen molar-refractivity contribution in [1.29, 1.82) is 0 Å². The lowest BCUT2D eigenvalue weighted by molar-refractivity contribution is -0.137. The van der Waals surface area contributed by atoms with Crippen LogP contribution in [0.25, 0.3) is 10.9 Å². The Balaban J connectivity index is 2.08. The Morgan fingerprint density at radius 1 is 1.16 bits per heavy atom. The van der Waals surface area contributed by atoms with Crippen LogP contribution < -0.4 is 10.9 Å². The average Bonchev–Trinajstić information content (AvgIpc) is 2.71. The molecular formula is C22H20F4N2O3. The van der Waals surface area contributed by atoms with Crippen LogP contribution in [0.2, 0.25) is 0 Å². The fourth-order valence-electron chi connectivity index (χ4n) is 3.38. The molecule has 0 saturated heterocycles. The highest BCUT2D eigenvalue weighted by molar-refractivity contribution is 6.00. The molecule has 2 aromatic carbocycles. The zero-order valence-corrected chi connectivity index (χ0v) is 16.8. The zero-order chi connectivity index (χ0) is 22.8. The number of methoxy groups -OCH3 is 1. The molecule has 1 amide bonds. The number of nitrogens with one attached hydrogen (secondary N) is 1. The van der Waals surface area contributed by atoms with Crippen LogP contribution in [-0.2, 0) is 24.0 Å². The molecule has 31 heavy (non-hydrogen) atoms. The van der Waals surface area contributed by atoms with Gasteiger partial charge in [0.15, 0.2) is 0 Å². The summed E-state index contributed by atoms with van der Waals surface area (Å²) in [5.74, 6) is -1.16. The lowest BCUT2D eigenvalue weighted by Gasteiger charge is -2.17. The number of pyridine rings is 1. The van der Waals surface area contributed by atoms with E-state index in [0.717, 1.165) is 16.7 Å². The number of alkyl halides is 3. The Kier molecular flexibility index (Phi) is 6.45. The van der Waals surface area contributed by atoms with Gasteiger partial charge < -0.3 is 14.6 Å².